The molecule has 0 amide bonds. The largest absolute Gasteiger partial charge is 0.385 e. The summed E-state index contributed by atoms with van der Waals surface area (Å²) >= 11 is 0. The molecule has 3 heteroatoms. The van der Waals surface area contributed by atoms with Crippen LogP contribution in [0, 0.1) is 13.8 Å². The second-order valence-corrected chi connectivity index (χ2v) is 3.98. The Morgan fingerprint density at radius 2 is 2.06 bits per heavy atom. The number of hydrogen-bond donors (Lipinski definition) is 1. The fraction of sp³-hybridized carbons (Fsp3) is 0.500. The van der Waals surface area contributed by atoms with Gasteiger partial charge in [0.15, 0.2) is 0 Å². The molecule has 0 radical (unpaired) electrons. The van der Waals surface area contributed by atoms with Crippen molar-refractivity contribution in [1.29, 1.82) is 0 Å². The summed E-state index contributed by atoms with van der Waals surface area (Å²) in [5, 5.41) is 3.43. The lowest BCUT2D eigenvalue weighted by molar-refractivity contribution is 0.876. The van der Waals surface area contributed by atoms with Crippen molar-refractivity contribution in [3.05, 3.63) is 29.3 Å². The van der Waals surface area contributed by atoms with Crippen molar-refractivity contribution >= 4 is 11.7 Å². The van der Waals surface area contributed by atoms with Crippen LogP contribution in [0.5, 0.6) is 0 Å². The number of nitrogens with one attached hydrogen (secondary N) is 1. The number of nitrogens with zero attached hydrogens (tertiary/aromatic N) is 2. The third-order valence-electron chi connectivity index (χ3n) is 2.67. The zero-order valence-corrected chi connectivity index (χ0v) is 11.0. The van der Waals surface area contributed by atoms with Gasteiger partial charge in [-0.05, 0) is 44.4 Å². The predicted molar refractivity (Wildman–Crippen MR) is 74.3 cm³/mol. The first-order valence-electron chi connectivity index (χ1n) is 6.13. The maximum Gasteiger partial charge on any atom is 0.0892 e. The van der Waals surface area contributed by atoms with E-state index in [4.69, 9.17) is 0 Å². The highest BCUT2D eigenvalue weighted by atomic mass is 14.9. The lowest BCUT2D eigenvalue weighted by Crippen LogP contribution is -2.04. The van der Waals surface area contributed by atoms with Gasteiger partial charge in [0.05, 0.1) is 12.6 Å². The second-order valence-electron chi connectivity index (χ2n) is 3.98. The van der Waals surface area contributed by atoms with Crippen LogP contribution < -0.4 is 5.32 Å². The van der Waals surface area contributed by atoms with Crippen molar-refractivity contribution in [2.24, 2.45) is 9.98 Å². The van der Waals surface area contributed by atoms with E-state index in [0.29, 0.717) is 0 Å². The molecule has 0 aromatic heterocycles. The first kappa shape index (κ1) is 13.5. The Bertz CT molecular complexity index is 404. The smallest absolute Gasteiger partial charge is 0.0892 e. The van der Waals surface area contributed by atoms with E-state index in [1.54, 1.807) is 0 Å². The maximum atomic E-state index is 4.08. The molecule has 0 heterocycles. The molecule has 0 atom stereocenters. The van der Waals surface area contributed by atoms with E-state index in [2.05, 4.69) is 53.4 Å². The second kappa shape index (κ2) is 7.64. The van der Waals surface area contributed by atoms with E-state index in [0.717, 1.165) is 26.1 Å². The Morgan fingerprint density at radius 1 is 1.24 bits per heavy atom. The summed E-state index contributed by atoms with van der Waals surface area (Å²) in [4.78, 5) is 7.99. The molecule has 3 nitrogen and oxygen atoms in total. The molecule has 0 bridgehead atoms. The van der Waals surface area contributed by atoms with Gasteiger partial charge < -0.3 is 5.32 Å². The highest BCUT2D eigenvalue weighted by molar-refractivity contribution is 5.53. The number of aryl methyl sites for hydroxylation is 1. The van der Waals surface area contributed by atoms with Crippen molar-refractivity contribution in [3.8, 4) is 0 Å². The van der Waals surface area contributed by atoms with Gasteiger partial charge in [-0.15, -0.1) is 0 Å². The first-order chi connectivity index (χ1) is 8.25. The van der Waals surface area contributed by atoms with E-state index >= 15 is 0 Å². The Balaban J connectivity index is 2.31. The number of anilines is 1. The number of benzene rings is 1. The van der Waals surface area contributed by atoms with Gasteiger partial charge in [-0.1, -0.05) is 12.1 Å². The molecule has 0 spiro atoms. The molecular formula is C14H21N3. The van der Waals surface area contributed by atoms with Crippen LogP contribution in [0.2, 0.25) is 0 Å². The molecule has 1 aromatic carbocycles. The van der Waals surface area contributed by atoms with Crippen LogP contribution in [0.1, 0.15) is 24.5 Å². The van der Waals surface area contributed by atoms with E-state index in [1.807, 2.05) is 6.92 Å². The van der Waals surface area contributed by atoms with Gasteiger partial charge in [0.25, 0.3) is 0 Å². The van der Waals surface area contributed by atoms with Crippen LogP contribution >= 0.6 is 0 Å². The minimum absolute atomic E-state index is 0.754. The predicted octanol–water partition coefficient (Wildman–Crippen LogP) is 3.30. The molecule has 1 N–H and O–H groups in total. The van der Waals surface area contributed by atoms with E-state index in [-0.39, 0.29) is 0 Å². The van der Waals surface area contributed by atoms with Gasteiger partial charge in [0, 0.05) is 18.8 Å². The maximum absolute atomic E-state index is 4.08. The molecule has 0 fully saturated rings. The average Bonchev–Trinajstić information content (AvgIpc) is 2.33. The molecule has 1 rings (SSSR count). The van der Waals surface area contributed by atoms with Crippen molar-refractivity contribution in [1.82, 2.24) is 0 Å². The van der Waals surface area contributed by atoms with E-state index < -0.39 is 0 Å². The monoisotopic (exact) mass is 231 g/mol. The summed E-state index contributed by atoms with van der Waals surface area (Å²) in [6, 6.07) is 9.00. The highest BCUT2D eigenvalue weighted by Gasteiger charge is 1.98. The van der Waals surface area contributed by atoms with Gasteiger partial charge in [0.1, 0.15) is 0 Å². The Labute approximate surface area is 104 Å². The van der Waals surface area contributed by atoms with Crippen LogP contribution in [-0.2, 0) is 0 Å². The highest BCUT2D eigenvalue weighted by Crippen LogP contribution is 2.17. The van der Waals surface area contributed by atoms with Crippen molar-refractivity contribution < 1.29 is 0 Å². The molecule has 0 saturated carbocycles. The molecule has 0 saturated heterocycles. The molecule has 17 heavy (non-hydrogen) atoms. The van der Waals surface area contributed by atoms with Gasteiger partial charge in [-0.2, -0.15) is 0 Å². The third kappa shape index (κ3) is 4.83. The fourth-order valence-electron chi connectivity index (χ4n) is 1.49. The minimum atomic E-state index is 0.754. The molecule has 0 aliphatic carbocycles. The van der Waals surface area contributed by atoms with Crippen LogP contribution in [0.4, 0.5) is 5.69 Å². The van der Waals surface area contributed by atoms with Crippen LogP contribution in [-0.4, -0.2) is 25.6 Å². The number of hydrogen-bond acceptors (Lipinski definition) is 3. The van der Waals surface area contributed by atoms with Crippen molar-refractivity contribution in [3.63, 3.8) is 0 Å². The first-order valence-corrected chi connectivity index (χ1v) is 6.13. The summed E-state index contributed by atoms with van der Waals surface area (Å²) in [5.74, 6) is 0. The molecule has 0 aliphatic rings. The zero-order valence-electron chi connectivity index (χ0n) is 11.0. The van der Waals surface area contributed by atoms with Crippen LogP contribution in [0.15, 0.2) is 28.2 Å². The zero-order chi connectivity index (χ0) is 12.5. The Kier molecular flexibility index (Phi) is 6.05. The lowest BCUT2D eigenvalue weighted by Gasteiger charge is -2.10. The Hall–Kier alpha value is -1.60. The standard InChI is InChI=1S/C14H21N3/c1-4-15-11-16-9-6-10-17-14-8-5-7-12(2)13(14)3/h5,7-8,17H,4,6,9-10H2,1-3H3. The Morgan fingerprint density at radius 3 is 2.82 bits per heavy atom. The van der Waals surface area contributed by atoms with Gasteiger partial charge in [0.2, 0.25) is 0 Å². The quantitative estimate of drug-likeness (QED) is 0.592. The summed E-state index contributed by atoms with van der Waals surface area (Å²) in [7, 11) is 0. The van der Waals surface area contributed by atoms with Gasteiger partial charge in [-0.3, -0.25) is 0 Å². The van der Waals surface area contributed by atoms with E-state index in [9.17, 15) is 0 Å². The number of rotatable bonds is 6. The topological polar surface area (TPSA) is 36.8 Å². The summed E-state index contributed by atoms with van der Waals surface area (Å²) < 4.78 is 0. The third-order valence-corrected chi connectivity index (χ3v) is 2.67. The fourth-order valence-corrected chi connectivity index (χ4v) is 1.49. The molecule has 92 valence electrons. The number of aliphatic imine (C=N–C) groups is 2. The van der Waals surface area contributed by atoms with Crippen LogP contribution in [0.3, 0.4) is 0 Å². The molecule has 0 aliphatic heterocycles. The average molecular weight is 231 g/mol. The SMILES string of the molecule is CCN=C=NCCCNc1cccc(C)c1C. The molecular weight excluding hydrogens is 210 g/mol. The normalized spacial score (nSPS) is 9.59. The van der Waals surface area contributed by atoms with Crippen LogP contribution in [0.25, 0.3) is 0 Å². The lowest BCUT2D eigenvalue weighted by atomic mass is 10.1. The van der Waals surface area contributed by atoms with Crippen molar-refractivity contribution in [2.45, 2.75) is 27.2 Å². The molecule has 0 unspecified atom stereocenters. The summed E-state index contributed by atoms with van der Waals surface area (Å²) in [5.41, 5.74) is 3.86. The molecule has 1 aromatic rings. The van der Waals surface area contributed by atoms with Gasteiger partial charge in [-0.25, -0.2) is 9.98 Å². The summed E-state index contributed by atoms with van der Waals surface area (Å²) in [6.45, 7) is 8.72. The van der Waals surface area contributed by atoms with Gasteiger partial charge >= 0.3 is 0 Å². The van der Waals surface area contributed by atoms with Crippen molar-refractivity contribution in [2.75, 3.05) is 25.0 Å². The summed E-state index contributed by atoms with van der Waals surface area (Å²) in [6.07, 6.45) is 1.000. The minimum Gasteiger partial charge on any atom is -0.385 e. The van der Waals surface area contributed by atoms with E-state index in [1.165, 1.54) is 16.8 Å².